The van der Waals surface area contributed by atoms with Crippen molar-refractivity contribution in [1.82, 2.24) is 25.4 Å². The molecular formula is C23H28FIN6O. The molecule has 1 aliphatic heterocycles. The fourth-order valence-corrected chi connectivity index (χ4v) is 3.55. The summed E-state index contributed by atoms with van der Waals surface area (Å²) >= 11 is 0. The van der Waals surface area contributed by atoms with Crippen LogP contribution in [0.4, 0.5) is 4.39 Å². The number of hydrogen-bond acceptors (Lipinski definition) is 4. The van der Waals surface area contributed by atoms with Crippen LogP contribution in [-0.2, 0) is 20.1 Å². The van der Waals surface area contributed by atoms with Crippen molar-refractivity contribution in [3.63, 3.8) is 0 Å². The highest BCUT2D eigenvalue weighted by Gasteiger charge is 2.22. The average Bonchev–Trinajstić information content (AvgIpc) is 3.10. The Morgan fingerprint density at radius 1 is 1.22 bits per heavy atom. The predicted molar refractivity (Wildman–Crippen MR) is 133 cm³/mol. The first-order valence-corrected chi connectivity index (χ1v) is 10.4. The monoisotopic (exact) mass is 550 g/mol. The lowest BCUT2D eigenvalue weighted by Gasteiger charge is -2.28. The third-order valence-electron chi connectivity index (χ3n) is 5.51. The minimum absolute atomic E-state index is 0. The number of benzene rings is 2. The first-order valence-electron chi connectivity index (χ1n) is 10.4. The summed E-state index contributed by atoms with van der Waals surface area (Å²) in [4.78, 5) is 4.76. The van der Waals surface area contributed by atoms with Crippen molar-refractivity contribution in [2.45, 2.75) is 39.4 Å². The highest BCUT2D eigenvalue weighted by atomic mass is 127. The quantitative estimate of drug-likeness (QED) is 0.286. The van der Waals surface area contributed by atoms with Gasteiger partial charge in [0.25, 0.3) is 0 Å². The first kappa shape index (κ1) is 24.0. The van der Waals surface area contributed by atoms with Gasteiger partial charge in [0.05, 0.1) is 25.7 Å². The Balaban J connectivity index is 0.00000289. The molecule has 1 unspecified atom stereocenters. The number of aliphatic imine (C=N–C) groups is 1. The molecule has 3 aromatic rings. The van der Waals surface area contributed by atoms with Crippen LogP contribution >= 0.6 is 24.0 Å². The van der Waals surface area contributed by atoms with Gasteiger partial charge in [-0.25, -0.2) is 9.38 Å². The largest absolute Gasteiger partial charge is 0.493 e. The fourth-order valence-electron chi connectivity index (χ4n) is 3.55. The number of guanidine groups is 1. The Labute approximate surface area is 204 Å². The number of para-hydroxylation sites is 1. The van der Waals surface area contributed by atoms with E-state index in [9.17, 15) is 4.39 Å². The third-order valence-corrected chi connectivity index (χ3v) is 5.51. The van der Waals surface area contributed by atoms with E-state index >= 15 is 0 Å². The predicted octanol–water partition coefficient (Wildman–Crippen LogP) is 3.95. The molecule has 0 saturated heterocycles. The van der Waals surface area contributed by atoms with Gasteiger partial charge in [0.2, 0.25) is 0 Å². The summed E-state index contributed by atoms with van der Waals surface area (Å²) in [6.07, 6.45) is 0.830. The minimum atomic E-state index is -0.208. The summed E-state index contributed by atoms with van der Waals surface area (Å²) in [5, 5.41) is 15.2. The Kier molecular flexibility index (Phi) is 8.05. The zero-order valence-corrected chi connectivity index (χ0v) is 20.8. The molecule has 0 radical (unpaired) electrons. The number of nitrogens with zero attached hydrogens (tertiary/aromatic N) is 4. The summed E-state index contributed by atoms with van der Waals surface area (Å²) in [5.41, 5.74) is 2.67. The van der Waals surface area contributed by atoms with Crippen molar-refractivity contribution in [2.75, 3.05) is 6.61 Å². The lowest BCUT2D eigenvalue weighted by molar-refractivity contribution is 0.261. The van der Waals surface area contributed by atoms with Gasteiger partial charge in [-0.3, -0.25) is 0 Å². The number of hydrogen-bond donors (Lipinski definition) is 2. The van der Waals surface area contributed by atoms with E-state index < -0.39 is 0 Å². The van der Waals surface area contributed by atoms with Crippen LogP contribution in [0.3, 0.4) is 0 Å². The number of fused-ring (bicyclic) bond motifs is 1. The summed E-state index contributed by atoms with van der Waals surface area (Å²) in [6.45, 7) is 5.23. The van der Waals surface area contributed by atoms with Gasteiger partial charge in [-0.1, -0.05) is 30.3 Å². The Morgan fingerprint density at radius 3 is 2.78 bits per heavy atom. The van der Waals surface area contributed by atoms with Crippen LogP contribution in [0.5, 0.6) is 5.75 Å². The maximum Gasteiger partial charge on any atom is 0.192 e. The van der Waals surface area contributed by atoms with Crippen molar-refractivity contribution >= 4 is 29.9 Å². The number of aryl methyl sites for hydroxylation is 2. The normalized spacial score (nSPS) is 15.4. The van der Waals surface area contributed by atoms with Gasteiger partial charge >= 0.3 is 0 Å². The van der Waals surface area contributed by atoms with E-state index in [1.807, 2.05) is 42.8 Å². The summed E-state index contributed by atoms with van der Waals surface area (Å²) in [6, 6.07) is 13.2. The number of halogens is 2. The van der Waals surface area contributed by atoms with Crippen LogP contribution in [0.1, 0.15) is 40.8 Å². The van der Waals surface area contributed by atoms with Crippen LogP contribution < -0.4 is 15.4 Å². The van der Waals surface area contributed by atoms with Crippen LogP contribution in [-0.4, -0.2) is 27.3 Å². The molecule has 2 N–H and O–H groups in total. The van der Waals surface area contributed by atoms with Crippen molar-refractivity contribution in [3.05, 3.63) is 76.6 Å². The third kappa shape index (κ3) is 5.56. The van der Waals surface area contributed by atoms with Crippen molar-refractivity contribution in [3.8, 4) is 5.75 Å². The number of nitrogens with one attached hydrogen (secondary N) is 2. The van der Waals surface area contributed by atoms with E-state index in [1.165, 1.54) is 6.07 Å². The van der Waals surface area contributed by atoms with Crippen LogP contribution in [0.25, 0.3) is 0 Å². The maximum absolute atomic E-state index is 13.6. The molecule has 0 saturated carbocycles. The Hall–Kier alpha value is -2.69. The number of ether oxygens (including phenoxy) is 1. The van der Waals surface area contributed by atoms with Gasteiger partial charge in [-0.15, -0.1) is 34.2 Å². The lowest BCUT2D eigenvalue weighted by atomic mass is 10.0. The number of rotatable bonds is 5. The summed E-state index contributed by atoms with van der Waals surface area (Å²) in [5.74, 6) is 3.01. The van der Waals surface area contributed by atoms with Gasteiger partial charge in [0, 0.05) is 19.0 Å². The highest BCUT2D eigenvalue weighted by molar-refractivity contribution is 14.0. The molecule has 7 nitrogen and oxygen atoms in total. The highest BCUT2D eigenvalue weighted by Crippen LogP contribution is 2.31. The second-order valence-electron chi connectivity index (χ2n) is 7.70. The van der Waals surface area contributed by atoms with E-state index in [-0.39, 0.29) is 35.8 Å². The Bertz CT molecular complexity index is 1100. The van der Waals surface area contributed by atoms with Crippen LogP contribution in [0.15, 0.2) is 47.5 Å². The molecular weight excluding hydrogens is 522 g/mol. The maximum atomic E-state index is 13.6. The van der Waals surface area contributed by atoms with Crippen LogP contribution in [0, 0.1) is 19.7 Å². The molecule has 170 valence electrons. The molecule has 2 heterocycles. The van der Waals surface area contributed by atoms with Gasteiger partial charge in [-0.2, -0.15) is 0 Å². The molecule has 0 bridgehead atoms. The van der Waals surface area contributed by atoms with Crippen molar-refractivity contribution in [1.29, 1.82) is 0 Å². The van der Waals surface area contributed by atoms with Crippen molar-refractivity contribution in [2.24, 2.45) is 12.0 Å². The Morgan fingerprint density at radius 2 is 2.03 bits per heavy atom. The molecule has 9 heteroatoms. The van der Waals surface area contributed by atoms with E-state index in [0.29, 0.717) is 31.2 Å². The lowest BCUT2D eigenvalue weighted by Crippen LogP contribution is -2.41. The standard InChI is InChI=1S/C23H27FN6O.HI/c1-15-12-17(8-9-19(15)24)13-25-23(26-14-22-29-28-16(2)30(22)3)27-20-10-11-31-21-7-5-4-6-18(20)21;/h4-9,12,20H,10-11,13-14H2,1-3H3,(H2,25,26,27);1H. The molecule has 0 amide bonds. The number of aromatic nitrogens is 3. The smallest absolute Gasteiger partial charge is 0.192 e. The van der Waals surface area contributed by atoms with Crippen LogP contribution in [0.2, 0.25) is 0 Å². The van der Waals surface area contributed by atoms with Gasteiger partial charge in [0.15, 0.2) is 11.8 Å². The van der Waals surface area contributed by atoms with E-state index in [4.69, 9.17) is 9.73 Å². The molecule has 2 aromatic carbocycles. The van der Waals surface area contributed by atoms with Gasteiger partial charge < -0.3 is 19.9 Å². The molecule has 4 rings (SSSR count). The van der Waals surface area contributed by atoms with Gasteiger partial charge in [0.1, 0.15) is 17.4 Å². The first-order chi connectivity index (χ1) is 15.0. The molecule has 0 spiro atoms. The average molecular weight is 550 g/mol. The zero-order chi connectivity index (χ0) is 21.8. The fraction of sp³-hybridized carbons (Fsp3) is 0.348. The SMILES string of the molecule is Cc1cc(CN=C(NCc2nnc(C)n2C)NC2CCOc3ccccc32)ccc1F.I. The molecule has 1 aliphatic rings. The van der Waals surface area contributed by atoms with E-state index in [0.717, 1.165) is 34.9 Å². The molecule has 1 aromatic heterocycles. The van der Waals surface area contributed by atoms with Crippen molar-refractivity contribution < 1.29 is 9.13 Å². The van der Waals surface area contributed by atoms with E-state index in [2.05, 4.69) is 26.9 Å². The minimum Gasteiger partial charge on any atom is -0.493 e. The zero-order valence-electron chi connectivity index (χ0n) is 18.4. The topological polar surface area (TPSA) is 76.4 Å². The molecule has 0 aliphatic carbocycles. The molecule has 1 atom stereocenters. The molecule has 0 fully saturated rings. The summed E-state index contributed by atoms with van der Waals surface area (Å²) < 4.78 is 21.3. The second kappa shape index (κ2) is 10.8. The van der Waals surface area contributed by atoms with E-state index in [1.54, 1.807) is 13.0 Å². The molecule has 32 heavy (non-hydrogen) atoms. The summed E-state index contributed by atoms with van der Waals surface area (Å²) in [7, 11) is 1.94. The second-order valence-corrected chi connectivity index (χ2v) is 7.70. The van der Waals surface area contributed by atoms with Gasteiger partial charge in [-0.05, 0) is 37.1 Å².